The van der Waals surface area contributed by atoms with Crippen molar-refractivity contribution in [2.45, 2.75) is 25.2 Å². The van der Waals surface area contributed by atoms with E-state index in [9.17, 15) is 4.79 Å². The average Bonchev–Trinajstić information content (AvgIpc) is 3.27. The number of benzene rings is 3. The van der Waals surface area contributed by atoms with E-state index < -0.39 is 0 Å². The SMILES string of the molecule is CN(C)CCN1CC(OCc2ccccc2)CC1C(=O)Nc1ccc(Oc2ccccc2)cc1. The molecule has 1 heterocycles. The average molecular weight is 460 g/mol. The van der Waals surface area contributed by atoms with E-state index in [4.69, 9.17) is 9.47 Å². The summed E-state index contributed by atoms with van der Waals surface area (Å²) in [4.78, 5) is 17.6. The van der Waals surface area contributed by atoms with E-state index in [2.05, 4.69) is 27.2 Å². The number of anilines is 1. The van der Waals surface area contributed by atoms with Crippen LogP contribution in [0, 0.1) is 0 Å². The summed E-state index contributed by atoms with van der Waals surface area (Å²) in [6.45, 7) is 3.02. The molecule has 4 rings (SSSR count). The Kier molecular flexibility index (Phi) is 8.31. The molecule has 0 aromatic heterocycles. The number of para-hydroxylation sites is 1. The summed E-state index contributed by atoms with van der Waals surface area (Å²) in [5, 5.41) is 3.08. The summed E-state index contributed by atoms with van der Waals surface area (Å²) in [5.74, 6) is 1.51. The van der Waals surface area contributed by atoms with E-state index in [1.54, 1.807) is 0 Å². The molecule has 2 unspecified atom stereocenters. The zero-order valence-corrected chi connectivity index (χ0v) is 19.9. The third kappa shape index (κ3) is 6.90. The molecule has 0 saturated carbocycles. The van der Waals surface area contributed by atoms with E-state index in [-0.39, 0.29) is 18.1 Å². The molecule has 1 saturated heterocycles. The van der Waals surface area contributed by atoms with Gasteiger partial charge in [-0.3, -0.25) is 9.69 Å². The van der Waals surface area contributed by atoms with E-state index in [0.29, 0.717) is 13.0 Å². The van der Waals surface area contributed by atoms with E-state index >= 15 is 0 Å². The van der Waals surface area contributed by atoms with Gasteiger partial charge < -0.3 is 19.7 Å². The van der Waals surface area contributed by atoms with Crippen LogP contribution in [0.2, 0.25) is 0 Å². The monoisotopic (exact) mass is 459 g/mol. The minimum absolute atomic E-state index is 0.00120. The van der Waals surface area contributed by atoms with E-state index in [0.717, 1.165) is 42.4 Å². The Hall–Kier alpha value is -3.19. The maximum atomic E-state index is 13.2. The van der Waals surface area contributed by atoms with Gasteiger partial charge in [-0.05, 0) is 62.5 Å². The molecule has 0 bridgehead atoms. The number of likely N-dealkylation sites (N-methyl/N-ethyl adjacent to an activating group) is 1. The fourth-order valence-corrected chi connectivity index (χ4v) is 4.08. The fraction of sp³-hybridized carbons (Fsp3) is 0.321. The second kappa shape index (κ2) is 11.8. The number of amides is 1. The standard InChI is InChI=1S/C28H33N3O3/c1-30(2)17-18-31-20-26(33-21-22-9-5-3-6-10-22)19-27(31)28(32)29-23-13-15-25(16-14-23)34-24-11-7-4-8-12-24/h3-16,26-27H,17-21H2,1-2H3,(H,29,32). The first-order valence-electron chi connectivity index (χ1n) is 11.7. The van der Waals surface area contributed by atoms with Gasteiger partial charge in [0.05, 0.1) is 18.8 Å². The number of nitrogens with zero attached hydrogens (tertiary/aromatic N) is 2. The lowest BCUT2D eigenvalue weighted by molar-refractivity contribution is -0.120. The van der Waals surface area contributed by atoms with Crippen LogP contribution in [-0.4, -0.2) is 61.6 Å². The number of hydrogen-bond donors (Lipinski definition) is 1. The van der Waals surface area contributed by atoms with Crippen molar-refractivity contribution in [1.29, 1.82) is 0 Å². The largest absolute Gasteiger partial charge is 0.457 e. The van der Waals surface area contributed by atoms with Crippen molar-refractivity contribution in [3.63, 3.8) is 0 Å². The fourth-order valence-electron chi connectivity index (χ4n) is 4.08. The number of hydrogen-bond acceptors (Lipinski definition) is 5. The lowest BCUT2D eigenvalue weighted by Crippen LogP contribution is -2.42. The molecular formula is C28H33N3O3. The van der Waals surface area contributed by atoms with Crippen molar-refractivity contribution >= 4 is 11.6 Å². The van der Waals surface area contributed by atoms with Gasteiger partial charge in [0.1, 0.15) is 11.5 Å². The van der Waals surface area contributed by atoms with Crippen LogP contribution in [0.15, 0.2) is 84.9 Å². The summed E-state index contributed by atoms with van der Waals surface area (Å²) in [6, 6.07) is 27.1. The summed E-state index contributed by atoms with van der Waals surface area (Å²) in [5.41, 5.74) is 1.90. The topological polar surface area (TPSA) is 54.0 Å². The van der Waals surface area contributed by atoms with E-state index in [1.165, 1.54) is 0 Å². The Morgan fingerprint density at radius 3 is 2.26 bits per heavy atom. The van der Waals surface area contributed by atoms with Crippen molar-refractivity contribution in [1.82, 2.24) is 9.80 Å². The molecule has 6 heteroatoms. The quantitative estimate of drug-likeness (QED) is 0.479. The van der Waals surface area contributed by atoms with Crippen LogP contribution in [0.3, 0.4) is 0 Å². The molecule has 0 spiro atoms. The third-order valence-corrected chi connectivity index (χ3v) is 5.93. The highest BCUT2D eigenvalue weighted by Gasteiger charge is 2.37. The molecule has 3 aromatic carbocycles. The van der Waals surface area contributed by atoms with Gasteiger partial charge in [0, 0.05) is 25.3 Å². The lowest BCUT2D eigenvalue weighted by Gasteiger charge is -2.24. The molecule has 2 atom stereocenters. The van der Waals surface area contributed by atoms with Crippen molar-refractivity contribution in [2.24, 2.45) is 0 Å². The van der Waals surface area contributed by atoms with Crippen molar-refractivity contribution in [3.8, 4) is 11.5 Å². The van der Waals surface area contributed by atoms with Crippen LogP contribution in [0.5, 0.6) is 11.5 Å². The smallest absolute Gasteiger partial charge is 0.241 e. The number of rotatable bonds is 10. The molecule has 3 aromatic rings. The number of nitrogens with one attached hydrogen (secondary N) is 1. The molecule has 0 aliphatic carbocycles. The molecule has 1 aliphatic rings. The number of likely N-dealkylation sites (tertiary alicyclic amines) is 1. The van der Waals surface area contributed by atoms with Crippen LogP contribution in [0.25, 0.3) is 0 Å². The van der Waals surface area contributed by atoms with Gasteiger partial charge in [-0.15, -0.1) is 0 Å². The number of carbonyl (C=O) groups is 1. The van der Waals surface area contributed by atoms with Crippen molar-refractivity contribution in [3.05, 3.63) is 90.5 Å². The molecule has 1 amide bonds. The minimum atomic E-state index is -0.221. The molecule has 1 aliphatic heterocycles. The van der Waals surface area contributed by atoms with Crippen LogP contribution in [-0.2, 0) is 16.1 Å². The Morgan fingerprint density at radius 1 is 0.941 bits per heavy atom. The summed E-state index contributed by atoms with van der Waals surface area (Å²) < 4.78 is 12.0. The summed E-state index contributed by atoms with van der Waals surface area (Å²) in [6.07, 6.45) is 0.709. The normalized spacial score (nSPS) is 18.2. The number of carbonyl (C=O) groups excluding carboxylic acids is 1. The van der Waals surface area contributed by atoms with Crippen LogP contribution in [0.1, 0.15) is 12.0 Å². The molecule has 0 radical (unpaired) electrons. The summed E-state index contributed by atoms with van der Waals surface area (Å²) in [7, 11) is 4.10. The predicted octanol–water partition coefficient (Wildman–Crippen LogP) is 4.64. The first kappa shape index (κ1) is 24.0. The van der Waals surface area contributed by atoms with Crippen LogP contribution < -0.4 is 10.1 Å². The van der Waals surface area contributed by atoms with Gasteiger partial charge in [0.15, 0.2) is 0 Å². The van der Waals surface area contributed by atoms with Gasteiger partial charge in [0.2, 0.25) is 5.91 Å². The van der Waals surface area contributed by atoms with Crippen LogP contribution in [0.4, 0.5) is 5.69 Å². The Morgan fingerprint density at radius 2 is 1.59 bits per heavy atom. The van der Waals surface area contributed by atoms with Gasteiger partial charge in [-0.25, -0.2) is 0 Å². The van der Waals surface area contributed by atoms with Crippen molar-refractivity contribution in [2.75, 3.05) is 39.0 Å². The van der Waals surface area contributed by atoms with E-state index in [1.807, 2.05) is 86.9 Å². The highest BCUT2D eigenvalue weighted by atomic mass is 16.5. The van der Waals surface area contributed by atoms with Gasteiger partial charge >= 0.3 is 0 Å². The lowest BCUT2D eigenvalue weighted by atomic mass is 10.1. The highest BCUT2D eigenvalue weighted by molar-refractivity contribution is 5.95. The zero-order chi connectivity index (χ0) is 23.8. The zero-order valence-electron chi connectivity index (χ0n) is 19.9. The predicted molar refractivity (Wildman–Crippen MR) is 135 cm³/mol. The Bertz CT molecular complexity index is 1030. The summed E-state index contributed by atoms with van der Waals surface area (Å²) >= 11 is 0. The molecule has 178 valence electrons. The molecule has 6 nitrogen and oxygen atoms in total. The van der Waals surface area contributed by atoms with Gasteiger partial charge in [0.25, 0.3) is 0 Å². The molecule has 1 N–H and O–H groups in total. The maximum absolute atomic E-state index is 13.2. The van der Waals surface area contributed by atoms with Crippen molar-refractivity contribution < 1.29 is 14.3 Å². The number of ether oxygens (including phenoxy) is 2. The third-order valence-electron chi connectivity index (χ3n) is 5.93. The molecule has 34 heavy (non-hydrogen) atoms. The second-order valence-electron chi connectivity index (χ2n) is 8.90. The molecule has 1 fully saturated rings. The molecular weight excluding hydrogens is 426 g/mol. The first-order valence-corrected chi connectivity index (χ1v) is 11.7. The second-order valence-corrected chi connectivity index (χ2v) is 8.90. The van der Waals surface area contributed by atoms with Gasteiger partial charge in [-0.2, -0.15) is 0 Å². The first-order chi connectivity index (χ1) is 16.6. The minimum Gasteiger partial charge on any atom is -0.457 e. The Labute approximate surface area is 202 Å². The van der Waals surface area contributed by atoms with Crippen LogP contribution >= 0.6 is 0 Å². The van der Waals surface area contributed by atoms with Gasteiger partial charge in [-0.1, -0.05) is 48.5 Å². The highest BCUT2D eigenvalue weighted by Crippen LogP contribution is 2.25. The Balaban J connectivity index is 1.35. The maximum Gasteiger partial charge on any atom is 0.241 e.